The number of benzene rings is 2. The molecule has 0 saturated carbocycles. The van der Waals surface area contributed by atoms with E-state index in [4.69, 9.17) is 18.6 Å². The number of carbonyl (C=O) groups excluding carboxylic acids is 4. The SMILES string of the molecule is COC(=O)[C@@H](NC(=O)[C@@H](NC(=O)C(CBr)(NC(=O)OC(C)(C)C)OC)C(C)C)[C@@H](C)O[Si](c1ccccc1)(c1ccccc1)C(C)(C)C. The van der Waals surface area contributed by atoms with Gasteiger partial charge in [0.15, 0.2) is 6.04 Å². The minimum atomic E-state index is -3.13. The Hall–Kier alpha value is -3.26. The number of rotatable bonds is 14. The summed E-state index contributed by atoms with van der Waals surface area (Å²) >= 11 is 3.25. The van der Waals surface area contributed by atoms with Crippen molar-refractivity contribution in [2.24, 2.45) is 5.92 Å². The van der Waals surface area contributed by atoms with Gasteiger partial charge in [-0.25, -0.2) is 9.59 Å². The molecule has 0 aliphatic heterocycles. The molecule has 0 fully saturated rings. The smallest absolute Gasteiger partial charge is 0.410 e. The van der Waals surface area contributed by atoms with Gasteiger partial charge in [0.2, 0.25) is 11.6 Å². The first-order valence-corrected chi connectivity index (χ1v) is 18.9. The molecule has 0 saturated heterocycles. The molecule has 4 atom stereocenters. The van der Waals surface area contributed by atoms with Crippen LogP contribution in [-0.2, 0) is 33.0 Å². The third-order valence-electron chi connectivity index (χ3n) is 7.84. The molecule has 0 aromatic heterocycles. The molecule has 0 spiro atoms. The molecule has 3 amide bonds. The predicted octanol–water partition coefficient (Wildman–Crippen LogP) is 4.01. The number of esters is 1. The second kappa shape index (κ2) is 16.9. The number of alkyl carbamates (subject to hydrolysis) is 1. The summed E-state index contributed by atoms with van der Waals surface area (Å²) < 4.78 is 23.0. The van der Waals surface area contributed by atoms with Crippen molar-refractivity contribution < 1.29 is 37.8 Å². The highest BCUT2D eigenvalue weighted by molar-refractivity contribution is 9.09. The highest BCUT2D eigenvalue weighted by Gasteiger charge is 2.52. The molecule has 2 aromatic carbocycles. The molecule has 266 valence electrons. The van der Waals surface area contributed by atoms with Crippen LogP contribution in [0.1, 0.15) is 62.3 Å². The van der Waals surface area contributed by atoms with Crippen LogP contribution in [0.3, 0.4) is 0 Å². The zero-order chi connectivity index (χ0) is 36.5. The van der Waals surface area contributed by atoms with Crippen LogP contribution >= 0.6 is 15.9 Å². The fraction of sp³-hybridized carbons (Fsp3) is 0.543. The quantitative estimate of drug-likeness (QED) is 0.114. The average Bonchev–Trinajstić information content (AvgIpc) is 3.02. The number of alkyl halides is 1. The Labute approximate surface area is 294 Å². The molecule has 3 N–H and O–H groups in total. The molecule has 13 heteroatoms. The van der Waals surface area contributed by atoms with Gasteiger partial charge in [-0.2, -0.15) is 0 Å². The van der Waals surface area contributed by atoms with Gasteiger partial charge in [0.05, 0.1) is 18.5 Å². The maximum Gasteiger partial charge on any atom is 0.410 e. The largest absolute Gasteiger partial charge is 0.467 e. The first-order valence-electron chi connectivity index (χ1n) is 15.9. The van der Waals surface area contributed by atoms with Crippen molar-refractivity contribution >= 4 is 58.5 Å². The molecule has 0 aliphatic carbocycles. The van der Waals surface area contributed by atoms with E-state index in [-0.39, 0.29) is 5.33 Å². The monoisotopic (exact) mass is 749 g/mol. The Morgan fingerprint density at radius 3 is 1.67 bits per heavy atom. The topological polar surface area (TPSA) is 141 Å². The van der Waals surface area contributed by atoms with Crippen molar-refractivity contribution in [1.82, 2.24) is 16.0 Å². The van der Waals surface area contributed by atoms with Gasteiger partial charge in [-0.15, -0.1) is 0 Å². The Bertz CT molecular complexity index is 1340. The Morgan fingerprint density at radius 2 is 1.29 bits per heavy atom. The standard InChI is InChI=1S/C35H52BrN3O8Si/c1-23(2)27(38-31(42)35(22-36,45-11)39-32(43)46-33(4,5)6)29(40)37-28(30(41)44-10)24(3)47-48(34(7,8)9,25-18-14-12-15-19-25)26-20-16-13-17-21-26/h12-21,23-24,27-28H,22H2,1-11H3,(H,37,40)(H,38,42)(H,39,43)/t24-,27+,28+,35?/m1/s1. The summed E-state index contributed by atoms with van der Waals surface area (Å²) in [5.41, 5.74) is -2.74. The highest BCUT2D eigenvalue weighted by Crippen LogP contribution is 2.38. The molecule has 0 heterocycles. The van der Waals surface area contributed by atoms with Crippen LogP contribution in [0, 0.1) is 5.92 Å². The summed E-state index contributed by atoms with van der Waals surface area (Å²) in [7, 11) is -0.640. The molecule has 11 nitrogen and oxygen atoms in total. The fourth-order valence-corrected chi connectivity index (χ4v) is 10.7. The predicted molar refractivity (Wildman–Crippen MR) is 192 cm³/mol. The third kappa shape index (κ3) is 9.90. The van der Waals surface area contributed by atoms with Crippen LogP contribution in [0.25, 0.3) is 0 Å². The lowest BCUT2D eigenvalue weighted by Gasteiger charge is -2.45. The number of nitrogens with one attached hydrogen (secondary N) is 3. The second-order valence-corrected chi connectivity index (χ2v) is 18.8. The fourth-order valence-electron chi connectivity index (χ4n) is 5.39. The molecule has 0 radical (unpaired) electrons. The van der Waals surface area contributed by atoms with E-state index in [0.717, 1.165) is 10.4 Å². The van der Waals surface area contributed by atoms with Crippen molar-refractivity contribution in [2.75, 3.05) is 19.5 Å². The molecule has 48 heavy (non-hydrogen) atoms. The number of amides is 3. The number of hydrogen-bond donors (Lipinski definition) is 3. The molecular weight excluding hydrogens is 698 g/mol. The van der Waals surface area contributed by atoms with Crippen LogP contribution in [0.15, 0.2) is 60.7 Å². The maximum absolute atomic E-state index is 13.9. The zero-order valence-corrected chi connectivity index (χ0v) is 32.5. The maximum atomic E-state index is 13.9. The van der Waals surface area contributed by atoms with Gasteiger partial charge in [0.1, 0.15) is 11.6 Å². The van der Waals surface area contributed by atoms with Crippen molar-refractivity contribution in [3.63, 3.8) is 0 Å². The van der Waals surface area contributed by atoms with Gasteiger partial charge in [-0.05, 0) is 49.0 Å². The van der Waals surface area contributed by atoms with Crippen LogP contribution in [-0.4, -0.2) is 81.3 Å². The van der Waals surface area contributed by atoms with E-state index in [0.29, 0.717) is 0 Å². The van der Waals surface area contributed by atoms with Gasteiger partial charge in [-0.1, -0.05) is 111 Å². The lowest BCUT2D eigenvalue weighted by Crippen LogP contribution is -2.69. The number of carbonyl (C=O) groups is 4. The summed E-state index contributed by atoms with van der Waals surface area (Å²) in [5, 5.41) is 9.40. The molecule has 0 aliphatic rings. The Balaban J connectivity index is 2.48. The first kappa shape index (κ1) is 40.9. The van der Waals surface area contributed by atoms with Gasteiger partial charge < -0.3 is 29.3 Å². The second-order valence-electron chi connectivity index (χ2n) is 14.0. The van der Waals surface area contributed by atoms with E-state index >= 15 is 0 Å². The Kier molecular flexibility index (Phi) is 14.4. The van der Waals surface area contributed by atoms with E-state index < -0.39 is 72.7 Å². The van der Waals surface area contributed by atoms with E-state index in [1.807, 2.05) is 60.7 Å². The van der Waals surface area contributed by atoms with Crippen molar-refractivity contribution in [3.05, 3.63) is 60.7 Å². The lowest BCUT2D eigenvalue weighted by atomic mass is 10.0. The van der Waals surface area contributed by atoms with E-state index in [1.165, 1.54) is 14.2 Å². The number of hydrogen-bond acceptors (Lipinski definition) is 8. The minimum absolute atomic E-state index is 0.151. The van der Waals surface area contributed by atoms with Crippen molar-refractivity contribution in [1.29, 1.82) is 0 Å². The summed E-state index contributed by atoms with van der Waals surface area (Å²) in [6.07, 6.45) is -1.74. The number of ether oxygens (including phenoxy) is 3. The van der Waals surface area contributed by atoms with Crippen LogP contribution < -0.4 is 26.3 Å². The third-order valence-corrected chi connectivity index (χ3v) is 13.8. The summed E-state index contributed by atoms with van der Waals surface area (Å²) in [6.45, 7) is 16.6. The van der Waals surface area contributed by atoms with Gasteiger partial charge >= 0.3 is 12.1 Å². The van der Waals surface area contributed by atoms with E-state index in [9.17, 15) is 19.2 Å². The number of methoxy groups -OCH3 is 2. The van der Waals surface area contributed by atoms with Crippen molar-refractivity contribution in [3.8, 4) is 0 Å². The molecule has 0 bridgehead atoms. The molecule has 2 aromatic rings. The summed E-state index contributed by atoms with van der Waals surface area (Å²) in [6, 6.07) is 17.5. The molecule has 2 rings (SSSR count). The van der Waals surface area contributed by atoms with Crippen LogP contribution in [0.2, 0.25) is 5.04 Å². The Morgan fingerprint density at radius 1 is 0.792 bits per heavy atom. The minimum Gasteiger partial charge on any atom is -0.467 e. The van der Waals surface area contributed by atoms with E-state index in [1.54, 1.807) is 41.5 Å². The van der Waals surface area contributed by atoms with E-state index in [2.05, 4.69) is 52.7 Å². The van der Waals surface area contributed by atoms with Crippen molar-refractivity contribution in [2.45, 2.75) is 96.9 Å². The highest BCUT2D eigenvalue weighted by atomic mass is 79.9. The van der Waals surface area contributed by atoms with Crippen LogP contribution in [0.5, 0.6) is 0 Å². The normalized spacial score (nSPS) is 15.4. The molecule has 1 unspecified atom stereocenters. The molecular formula is C35H52BrN3O8Si. The average molecular weight is 751 g/mol. The zero-order valence-electron chi connectivity index (χ0n) is 29.9. The van der Waals surface area contributed by atoms with Crippen LogP contribution in [0.4, 0.5) is 4.79 Å². The number of halogens is 1. The summed E-state index contributed by atoms with van der Waals surface area (Å²) in [4.78, 5) is 53.5. The first-order chi connectivity index (χ1) is 22.3. The van der Waals surface area contributed by atoms with Gasteiger partial charge in [0.25, 0.3) is 14.2 Å². The summed E-state index contributed by atoms with van der Waals surface area (Å²) in [5.74, 6) is -2.59. The lowest BCUT2D eigenvalue weighted by molar-refractivity contribution is -0.149. The van der Waals surface area contributed by atoms with Gasteiger partial charge in [0, 0.05) is 7.11 Å². The van der Waals surface area contributed by atoms with Gasteiger partial charge in [-0.3, -0.25) is 14.9 Å².